The Hall–Kier alpha value is 0.578. The average Bonchev–Trinajstić information content (AvgIpc) is 2.20. The maximum Gasteiger partial charge on any atom is 0.394 e. The highest BCUT2D eigenvalue weighted by atomic mass is 32.3. The monoisotopic (exact) mass is 450 g/mol. The van der Waals surface area contributed by atoms with Gasteiger partial charge in [0.05, 0.1) is 0 Å². The molecule has 0 saturated carbocycles. The van der Waals surface area contributed by atoms with Gasteiger partial charge < -0.3 is 19.3 Å². The molecule has 0 fully saturated rings. The van der Waals surface area contributed by atoms with E-state index in [9.17, 15) is 0 Å². The predicted molar refractivity (Wildman–Crippen MR) is 120 cm³/mol. The SMILES string of the molecule is CN([Si](C)(C)C)[Si](C)(C)N.CN([Si](C)(C)C)[Si](C)(C)N.O=S(=O)(O)O. The van der Waals surface area contributed by atoms with Crippen LogP contribution in [-0.4, -0.2) is 73.3 Å². The third kappa shape index (κ3) is 20.7. The lowest BCUT2D eigenvalue weighted by Gasteiger charge is -2.39. The summed E-state index contributed by atoms with van der Waals surface area (Å²) >= 11 is 0. The van der Waals surface area contributed by atoms with Crippen molar-refractivity contribution < 1.29 is 17.5 Å². The standard InChI is InChI=1S/2C6H20N2Si2.H2O4S/c2*1-8(9(2,3)4)10(5,6)7;1-5(2,3)4/h2*7H2,1-6H3;(H2,1,2,3,4). The van der Waals surface area contributed by atoms with Crippen LogP contribution in [0.3, 0.4) is 0 Å². The van der Waals surface area contributed by atoms with Crippen molar-refractivity contribution in [3.8, 4) is 0 Å². The van der Waals surface area contributed by atoms with Crippen molar-refractivity contribution in [1.29, 1.82) is 0 Å². The van der Waals surface area contributed by atoms with Crippen molar-refractivity contribution in [1.82, 2.24) is 8.46 Å². The fourth-order valence-electron chi connectivity index (χ4n) is 1.73. The van der Waals surface area contributed by atoms with E-state index >= 15 is 0 Å². The molecule has 0 amide bonds. The summed E-state index contributed by atoms with van der Waals surface area (Å²) in [5.74, 6) is 0. The maximum atomic E-state index is 8.74. The second-order valence-corrected chi connectivity index (χ2v) is 29.0. The quantitative estimate of drug-likeness (QED) is 0.378. The van der Waals surface area contributed by atoms with Crippen LogP contribution in [0.4, 0.5) is 0 Å². The van der Waals surface area contributed by atoms with Gasteiger partial charge in [-0.25, -0.2) is 0 Å². The first-order chi connectivity index (χ1) is 10.3. The molecule has 0 heterocycles. The Kier molecular flexibility index (Phi) is 12.4. The molecule has 13 heteroatoms. The Morgan fingerprint density at radius 2 is 0.760 bits per heavy atom. The van der Waals surface area contributed by atoms with Crippen molar-refractivity contribution in [3.63, 3.8) is 0 Å². The van der Waals surface area contributed by atoms with E-state index < -0.39 is 43.7 Å². The molecule has 0 bridgehead atoms. The summed E-state index contributed by atoms with van der Waals surface area (Å²) in [4.78, 5) is 0. The van der Waals surface area contributed by atoms with Crippen LogP contribution in [0.5, 0.6) is 0 Å². The molecule has 0 aliphatic heterocycles. The van der Waals surface area contributed by atoms with Crippen molar-refractivity contribution in [2.24, 2.45) is 10.8 Å². The fourth-order valence-corrected chi connectivity index (χ4v) is 15.6. The molecule has 25 heavy (non-hydrogen) atoms. The average molecular weight is 451 g/mol. The van der Waals surface area contributed by atoms with Gasteiger partial charge in [-0.2, -0.15) is 8.42 Å². The van der Waals surface area contributed by atoms with Gasteiger partial charge in [-0.05, 0) is 40.3 Å². The molecule has 6 N–H and O–H groups in total. The zero-order valence-corrected chi connectivity index (χ0v) is 23.0. The summed E-state index contributed by atoms with van der Waals surface area (Å²) in [6.07, 6.45) is 0. The Bertz CT molecular complexity index is 413. The zero-order chi connectivity index (χ0) is 21.7. The lowest BCUT2D eigenvalue weighted by atomic mass is 11.6. The first kappa shape index (κ1) is 30.3. The van der Waals surface area contributed by atoms with E-state index in [-0.39, 0.29) is 0 Å². The number of nitrogens with zero attached hydrogens (tertiary/aromatic N) is 2. The summed E-state index contributed by atoms with van der Waals surface area (Å²) in [6.45, 7) is 22.7. The molecular weight excluding hydrogens is 409 g/mol. The molecule has 0 spiro atoms. The summed E-state index contributed by atoms with van der Waals surface area (Å²) in [7, 11) is -5.59. The lowest BCUT2D eigenvalue weighted by molar-refractivity contribution is 0.381. The second kappa shape index (κ2) is 10.2. The molecule has 0 unspecified atom stereocenters. The third-order valence-electron chi connectivity index (χ3n) is 3.74. The van der Waals surface area contributed by atoms with E-state index in [1.54, 1.807) is 0 Å². The largest absolute Gasteiger partial charge is 0.394 e. The molecular formula is C12H42N4O4SSi4. The Labute approximate surface area is 160 Å². The molecule has 0 aliphatic carbocycles. The first-order valence-electron chi connectivity index (χ1n) is 8.06. The van der Waals surface area contributed by atoms with Gasteiger partial charge in [-0.15, -0.1) is 0 Å². The van der Waals surface area contributed by atoms with E-state index in [2.05, 4.69) is 88.0 Å². The van der Waals surface area contributed by atoms with E-state index in [1.165, 1.54) is 0 Å². The van der Waals surface area contributed by atoms with Crippen LogP contribution in [0.15, 0.2) is 0 Å². The molecule has 0 aromatic rings. The highest BCUT2D eigenvalue weighted by Crippen LogP contribution is 2.12. The number of hydrogen-bond donors (Lipinski definition) is 4. The minimum atomic E-state index is -4.67. The Balaban J connectivity index is -0.000000308. The highest BCUT2D eigenvalue weighted by molar-refractivity contribution is 7.79. The van der Waals surface area contributed by atoms with Crippen LogP contribution in [0.25, 0.3) is 0 Å². The molecule has 0 saturated heterocycles. The second-order valence-electron chi connectivity index (χ2n) is 9.21. The molecule has 0 aromatic heterocycles. The van der Waals surface area contributed by atoms with Crippen LogP contribution in [0, 0.1) is 0 Å². The summed E-state index contributed by atoms with van der Waals surface area (Å²) in [5, 5.41) is 12.1. The number of hydrogen-bond acceptors (Lipinski definition) is 6. The zero-order valence-electron chi connectivity index (χ0n) is 18.2. The van der Waals surface area contributed by atoms with Crippen LogP contribution >= 0.6 is 0 Å². The van der Waals surface area contributed by atoms with Crippen LogP contribution in [-0.2, 0) is 10.4 Å². The summed E-state index contributed by atoms with van der Waals surface area (Å²) < 4.78 is 36.4. The van der Waals surface area contributed by atoms with Crippen molar-refractivity contribution >= 4 is 43.7 Å². The Morgan fingerprint density at radius 3 is 0.760 bits per heavy atom. The van der Waals surface area contributed by atoms with E-state index in [4.69, 9.17) is 28.3 Å². The normalized spacial score (nSPS) is 13.8. The van der Waals surface area contributed by atoms with E-state index in [0.29, 0.717) is 0 Å². The van der Waals surface area contributed by atoms with Crippen molar-refractivity contribution in [3.05, 3.63) is 0 Å². The Morgan fingerprint density at radius 1 is 0.640 bits per heavy atom. The lowest BCUT2D eigenvalue weighted by Crippen LogP contribution is -2.63. The fraction of sp³-hybridized carbons (Fsp3) is 1.00. The minimum Gasteiger partial charge on any atom is -0.339 e. The first-order valence-corrected chi connectivity index (χ1v) is 22.4. The number of nitrogens with two attached hydrogens (primary N) is 2. The topological polar surface area (TPSA) is 133 Å². The van der Waals surface area contributed by atoms with Crippen molar-refractivity contribution in [2.75, 3.05) is 14.1 Å². The molecule has 0 atom stereocenters. The van der Waals surface area contributed by atoms with Crippen molar-refractivity contribution in [2.45, 2.75) is 65.5 Å². The van der Waals surface area contributed by atoms with Crippen LogP contribution in [0.1, 0.15) is 0 Å². The van der Waals surface area contributed by atoms with Gasteiger partial charge in [0, 0.05) is 0 Å². The highest BCUT2D eigenvalue weighted by Gasteiger charge is 2.32. The van der Waals surface area contributed by atoms with Gasteiger partial charge in [0.1, 0.15) is 16.5 Å². The van der Waals surface area contributed by atoms with Crippen LogP contribution in [0.2, 0.25) is 65.5 Å². The summed E-state index contributed by atoms with van der Waals surface area (Å²) in [6, 6.07) is 0. The van der Waals surface area contributed by atoms with Gasteiger partial charge in [0.2, 0.25) is 0 Å². The third-order valence-corrected chi connectivity index (χ3v) is 18.7. The van der Waals surface area contributed by atoms with E-state index in [0.717, 1.165) is 0 Å². The molecule has 156 valence electrons. The van der Waals surface area contributed by atoms with Crippen LogP contribution < -0.4 is 10.8 Å². The van der Waals surface area contributed by atoms with Gasteiger partial charge >= 0.3 is 10.4 Å². The molecule has 0 aliphatic rings. The van der Waals surface area contributed by atoms with Gasteiger partial charge in [-0.3, -0.25) is 9.11 Å². The van der Waals surface area contributed by atoms with Gasteiger partial charge in [0.25, 0.3) is 0 Å². The van der Waals surface area contributed by atoms with E-state index in [1.807, 2.05) is 0 Å². The molecule has 0 rings (SSSR count). The van der Waals surface area contributed by atoms with Gasteiger partial charge in [0.15, 0.2) is 16.8 Å². The minimum absolute atomic E-state index is 1.13. The maximum absolute atomic E-state index is 8.74. The predicted octanol–water partition coefficient (Wildman–Crippen LogP) is 2.17. The molecule has 0 radical (unpaired) electrons. The van der Waals surface area contributed by atoms with Gasteiger partial charge in [-0.1, -0.05) is 39.3 Å². The smallest absolute Gasteiger partial charge is 0.339 e. The molecule has 0 aromatic carbocycles. The molecule has 8 nitrogen and oxygen atoms in total. The summed E-state index contributed by atoms with van der Waals surface area (Å²) in [5.41, 5.74) is 0. The number of rotatable bonds is 4.